The number of fused-ring (bicyclic) bond motifs is 1. The molecule has 0 amide bonds. The number of carbonyl (C=O) groups excluding carboxylic acids is 1. The van der Waals surface area contributed by atoms with Gasteiger partial charge in [0.25, 0.3) is 6.01 Å². The van der Waals surface area contributed by atoms with Gasteiger partial charge in [-0.3, -0.25) is 9.69 Å². The number of Topliss-reactive ketones (excluding diaryl/α,β-unsaturated/α-hetero) is 1. The Balaban J connectivity index is 1.44. The molecule has 1 aliphatic heterocycles. The molecule has 0 saturated carbocycles. The largest absolute Gasteiger partial charge is 0.420 e. The Hall–Kier alpha value is -2.60. The van der Waals surface area contributed by atoms with Gasteiger partial charge in [0.1, 0.15) is 0 Å². The van der Waals surface area contributed by atoms with E-state index in [1.807, 2.05) is 6.07 Å². The normalized spacial score (nSPS) is 17.7. The second-order valence-electron chi connectivity index (χ2n) is 9.86. The van der Waals surface area contributed by atoms with E-state index >= 15 is 0 Å². The van der Waals surface area contributed by atoms with Gasteiger partial charge in [-0.1, -0.05) is 38.0 Å². The number of ketones is 1. The standard InChI is InChI=1S/C26H36N4O2/c1-5-6-9-19(14-20-16-27-22-11-8-7-10-21(20)22)15-23(31)24-17-28-25(32-24)30-13-12-29(4)26(2,3)18-30/h7-8,10-11,16-17,19,27H,5-6,9,12-15,18H2,1-4H3. The molecule has 1 N–H and O–H groups in total. The minimum atomic E-state index is 0.0431. The van der Waals surface area contributed by atoms with Crippen LogP contribution in [0.25, 0.3) is 10.9 Å². The summed E-state index contributed by atoms with van der Waals surface area (Å²) in [5, 5.41) is 1.25. The van der Waals surface area contributed by atoms with Crippen LogP contribution < -0.4 is 4.90 Å². The van der Waals surface area contributed by atoms with Crippen molar-refractivity contribution in [2.45, 2.75) is 58.4 Å². The molecule has 0 spiro atoms. The number of unbranched alkanes of at least 4 members (excludes halogenated alkanes) is 1. The number of H-pyrrole nitrogens is 1. The van der Waals surface area contributed by atoms with Crippen molar-refractivity contribution in [1.29, 1.82) is 0 Å². The highest BCUT2D eigenvalue weighted by Gasteiger charge is 2.33. The Morgan fingerprint density at radius 1 is 1.28 bits per heavy atom. The molecule has 1 aliphatic rings. The number of hydrogen-bond acceptors (Lipinski definition) is 5. The first-order chi connectivity index (χ1) is 15.4. The summed E-state index contributed by atoms with van der Waals surface area (Å²) in [6.07, 6.45) is 8.38. The molecule has 4 rings (SSSR count). The van der Waals surface area contributed by atoms with Crippen molar-refractivity contribution in [3.8, 4) is 0 Å². The molecule has 3 aromatic rings. The van der Waals surface area contributed by atoms with Crippen LogP contribution in [0.15, 0.2) is 41.1 Å². The van der Waals surface area contributed by atoms with Crippen molar-refractivity contribution in [2.75, 3.05) is 31.6 Å². The molecular formula is C26H36N4O2. The molecule has 1 unspecified atom stereocenters. The fourth-order valence-corrected chi connectivity index (χ4v) is 4.69. The first kappa shape index (κ1) is 22.6. The molecule has 2 aromatic heterocycles. The molecule has 0 bridgehead atoms. The van der Waals surface area contributed by atoms with Crippen molar-refractivity contribution in [3.05, 3.63) is 48.0 Å². The minimum absolute atomic E-state index is 0.0431. The molecule has 1 saturated heterocycles. The number of nitrogens with zero attached hydrogens (tertiary/aromatic N) is 3. The lowest BCUT2D eigenvalue weighted by Crippen LogP contribution is -2.57. The van der Waals surface area contributed by atoms with Crippen LogP contribution in [0, 0.1) is 5.92 Å². The van der Waals surface area contributed by atoms with Crippen LogP contribution in [0.3, 0.4) is 0 Å². The summed E-state index contributed by atoms with van der Waals surface area (Å²) in [6.45, 7) is 9.27. The highest BCUT2D eigenvalue weighted by molar-refractivity contribution is 5.93. The van der Waals surface area contributed by atoms with E-state index in [2.05, 4.69) is 72.0 Å². The number of likely N-dealkylation sites (N-methyl/N-ethyl adjacent to an activating group) is 1. The predicted molar refractivity (Wildman–Crippen MR) is 129 cm³/mol. The van der Waals surface area contributed by atoms with Crippen molar-refractivity contribution in [2.24, 2.45) is 5.92 Å². The number of para-hydroxylation sites is 1. The number of benzene rings is 1. The van der Waals surface area contributed by atoms with Gasteiger partial charge in [0.05, 0.1) is 6.20 Å². The maximum Gasteiger partial charge on any atom is 0.297 e. The van der Waals surface area contributed by atoms with Gasteiger partial charge in [-0.15, -0.1) is 0 Å². The summed E-state index contributed by atoms with van der Waals surface area (Å²) in [7, 11) is 2.14. The molecule has 3 heterocycles. The number of aromatic amines is 1. The highest BCUT2D eigenvalue weighted by Crippen LogP contribution is 2.28. The van der Waals surface area contributed by atoms with Crippen LogP contribution in [0.2, 0.25) is 0 Å². The zero-order valence-electron chi connectivity index (χ0n) is 19.9. The second kappa shape index (κ2) is 9.49. The van der Waals surface area contributed by atoms with Gasteiger partial charge < -0.3 is 14.3 Å². The number of piperazine rings is 1. The average molecular weight is 437 g/mol. The number of aromatic nitrogens is 2. The van der Waals surface area contributed by atoms with Crippen LogP contribution in [-0.2, 0) is 6.42 Å². The monoisotopic (exact) mass is 436 g/mol. The lowest BCUT2D eigenvalue weighted by atomic mass is 9.89. The topological polar surface area (TPSA) is 65.4 Å². The zero-order valence-corrected chi connectivity index (χ0v) is 19.9. The second-order valence-corrected chi connectivity index (χ2v) is 9.86. The fourth-order valence-electron chi connectivity index (χ4n) is 4.69. The summed E-state index contributed by atoms with van der Waals surface area (Å²) < 4.78 is 5.96. The third-order valence-electron chi connectivity index (χ3n) is 6.98. The third kappa shape index (κ3) is 4.90. The van der Waals surface area contributed by atoms with E-state index in [4.69, 9.17) is 4.42 Å². The summed E-state index contributed by atoms with van der Waals surface area (Å²) in [4.78, 5) is 25.4. The van der Waals surface area contributed by atoms with Gasteiger partial charge in [0.15, 0.2) is 11.5 Å². The van der Waals surface area contributed by atoms with Gasteiger partial charge in [0, 0.05) is 48.7 Å². The number of oxazole rings is 1. The van der Waals surface area contributed by atoms with Crippen LogP contribution in [-0.4, -0.2) is 52.9 Å². The Morgan fingerprint density at radius 3 is 2.88 bits per heavy atom. The third-order valence-corrected chi connectivity index (χ3v) is 6.98. The Kier molecular flexibility index (Phi) is 6.70. The first-order valence-electron chi connectivity index (χ1n) is 11.9. The minimum Gasteiger partial charge on any atom is -0.420 e. The molecule has 6 heteroatoms. The van der Waals surface area contributed by atoms with Gasteiger partial charge in [-0.25, -0.2) is 4.98 Å². The van der Waals surface area contributed by atoms with Crippen molar-refractivity contribution in [1.82, 2.24) is 14.9 Å². The predicted octanol–water partition coefficient (Wildman–Crippen LogP) is 5.31. The molecule has 0 radical (unpaired) electrons. The Morgan fingerprint density at radius 2 is 2.09 bits per heavy atom. The number of nitrogens with one attached hydrogen (secondary N) is 1. The summed E-state index contributed by atoms with van der Waals surface area (Å²) in [6, 6.07) is 8.93. The number of rotatable bonds is 9. The fraction of sp³-hybridized carbons (Fsp3) is 0.538. The quantitative estimate of drug-likeness (QED) is 0.461. The van der Waals surface area contributed by atoms with Crippen molar-refractivity contribution in [3.63, 3.8) is 0 Å². The smallest absolute Gasteiger partial charge is 0.297 e. The van der Waals surface area contributed by atoms with Crippen LogP contribution in [0.5, 0.6) is 0 Å². The number of anilines is 1. The summed E-state index contributed by atoms with van der Waals surface area (Å²) >= 11 is 0. The molecule has 6 nitrogen and oxygen atoms in total. The maximum absolute atomic E-state index is 13.1. The van der Waals surface area contributed by atoms with E-state index in [1.165, 1.54) is 10.9 Å². The molecule has 32 heavy (non-hydrogen) atoms. The molecule has 1 aromatic carbocycles. The molecule has 1 fully saturated rings. The first-order valence-corrected chi connectivity index (χ1v) is 11.9. The molecule has 1 atom stereocenters. The van der Waals surface area contributed by atoms with E-state index in [0.717, 1.165) is 50.8 Å². The molecule has 0 aliphatic carbocycles. The lowest BCUT2D eigenvalue weighted by molar-refractivity contribution is 0.0930. The molecular weight excluding hydrogens is 400 g/mol. The van der Waals surface area contributed by atoms with E-state index in [9.17, 15) is 4.79 Å². The van der Waals surface area contributed by atoms with E-state index in [1.54, 1.807) is 6.20 Å². The van der Waals surface area contributed by atoms with Crippen LogP contribution >= 0.6 is 0 Å². The maximum atomic E-state index is 13.1. The van der Waals surface area contributed by atoms with Gasteiger partial charge in [-0.05, 0) is 51.3 Å². The van der Waals surface area contributed by atoms with Gasteiger partial charge in [0.2, 0.25) is 0 Å². The zero-order chi connectivity index (χ0) is 22.7. The Bertz CT molecular complexity index is 1050. The molecule has 172 valence electrons. The Labute approximate surface area is 191 Å². The SMILES string of the molecule is CCCCC(CC(=O)c1cnc(N2CCN(C)C(C)(C)C2)o1)Cc1c[nH]c2ccccc12. The van der Waals surface area contributed by atoms with Crippen LogP contribution in [0.4, 0.5) is 6.01 Å². The summed E-state index contributed by atoms with van der Waals surface area (Å²) in [5.74, 6) is 0.730. The van der Waals surface area contributed by atoms with Crippen LogP contribution in [0.1, 0.15) is 62.6 Å². The lowest BCUT2D eigenvalue weighted by Gasteiger charge is -2.44. The van der Waals surface area contributed by atoms with Gasteiger partial charge in [-0.2, -0.15) is 0 Å². The van der Waals surface area contributed by atoms with E-state index < -0.39 is 0 Å². The van der Waals surface area contributed by atoms with Crippen molar-refractivity contribution < 1.29 is 9.21 Å². The van der Waals surface area contributed by atoms with E-state index in [-0.39, 0.29) is 17.2 Å². The number of hydrogen-bond donors (Lipinski definition) is 1. The number of carbonyl (C=O) groups is 1. The van der Waals surface area contributed by atoms with Gasteiger partial charge >= 0.3 is 0 Å². The average Bonchev–Trinajstić information content (AvgIpc) is 3.42. The summed E-state index contributed by atoms with van der Waals surface area (Å²) in [5.41, 5.74) is 2.48. The van der Waals surface area contributed by atoms with Crippen molar-refractivity contribution >= 4 is 22.7 Å². The highest BCUT2D eigenvalue weighted by atomic mass is 16.4. The van der Waals surface area contributed by atoms with E-state index in [0.29, 0.717) is 18.2 Å².